The number of ether oxygens (including phenoxy) is 2. The summed E-state index contributed by atoms with van der Waals surface area (Å²) in [7, 11) is 0. The number of nitro groups is 4. The molecule has 0 fully saturated rings. The molecule has 16 nitrogen and oxygen atoms in total. The molecule has 2 aliphatic heterocycles. The lowest BCUT2D eigenvalue weighted by Crippen LogP contribution is -1.98. The van der Waals surface area contributed by atoms with Crippen LogP contribution in [0.3, 0.4) is 0 Å². The summed E-state index contributed by atoms with van der Waals surface area (Å²) in [5.74, 6) is -1.11. The van der Waals surface area contributed by atoms with Crippen LogP contribution in [-0.4, -0.2) is 31.6 Å². The number of cyclic esters (lactones) is 2. The van der Waals surface area contributed by atoms with Gasteiger partial charge in [-0.15, -0.1) is 11.3 Å². The summed E-state index contributed by atoms with van der Waals surface area (Å²) in [4.78, 5) is 70.5. The number of nitrogens with zero attached hydrogens (tertiary/aromatic N) is 4. The minimum atomic E-state index is -0.713. The van der Waals surface area contributed by atoms with Crippen LogP contribution in [0.2, 0.25) is 0 Å². The molecule has 0 bridgehead atoms. The summed E-state index contributed by atoms with van der Waals surface area (Å²) in [5, 5.41) is 47.3. The molecule has 0 spiro atoms. The molecule has 0 saturated carbocycles. The van der Waals surface area contributed by atoms with Gasteiger partial charge in [0.2, 0.25) is 0 Å². The molecule has 2 aliphatic rings. The molecule has 6 aromatic carbocycles. The van der Waals surface area contributed by atoms with E-state index in [0.717, 1.165) is 20.2 Å². The van der Waals surface area contributed by atoms with E-state index in [-0.39, 0.29) is 45.4 Å². The first-order valence-corrected chi connectivity index (χ1v) is 19.5. The SMILES string of the molecule is O=C1OC(=Cc2ccc3sc4ccc(C=C5OC(=O)C(c6ccc([N+](=O)[O-])cc6)=C5c5ccc([N+](=O)[O-])cc5)cc4c3c2)C(c2ccc([N+](=O)[O-])cc2)=C1c1ccc([N+](=O)[O-])cc1. The molecule has 17 heteroatoms. The third-order valence-electron chi connectivity index (χ3n) is 10.4. The number of carbonyl (C=O) groups excluding carboxylic acids is 2. The zero-order chi connectivity index (χ0) is 44.1. The number of nitro benzene ring substituents is 4. The van der Waals surface area contributed by atoms with Gasteiger partial charge in [-0.1, -0.05) is 12.1 Å². The highest BCUT2D eigenvalue weighted by atomic mass is 32.1. The average Bonchev–Trinajstić information content (AvgIpc) is 3.92. The van der Waals surface area contributed by atoms with Gasteiger partial charge in [0.1, 0.15) is 11.5 Å². The molecular formula is C46H24N4O12S. The lowest BCUT2D eigenvalue weighted by Gasteiger charge is -2.07. The number of hydrogen-bond acceptors (Lipinski definition) is 13. The van der Waals surface area contributed by atoms with Gasteiger partial charge in [-0.25, -0.2) is 9.59 Å². The van der Waals surface area contributed by atoms with Gasteiger partial charge < -0.3 is 9.47 Å². The van der Waals surface area contributed by atoms with Crippen LogP contribution in [0.15, 0.2) is 145 Å². The number of allylic oxidation sites excluding steroid dienone is 2. The minimum absolute atomic E-state index is 0.122. The summed E-state index contributed by atoms with van der Waals surface area (Å²) in [6, 6.07) is 33.4. The summed E-state index contributed by atoms with van der Waals surface area (Å²) in [5.41, 5.74) is 3.11. The lowest BCUT2D eigenvalue weighted by molar-refractivity contribution is -0.385. The zero-order valence-electron chi connectivity index (χ0n) is 32.0. The molecule has 0 amide bonds. The van der Waals surface area contributed by atoms with Crippen LogP contribution in [0.4, 0.5) is 22.7 Å². The molecule has 1 aromatic heterocycles. The Bertz CT molecular complexity index is 3070. The van der Waals surface area contributed by atoms with E-state index in [1.807, 2.05) is 36.4 Å². The number of esters is 2. The number of fused-ring (bicyclic) bond motifs is 3. The van der Waals surface area contributed by atoms with Gasteiger partial charge in [-0.2, -0.15) is 0 Å². The van der Waals surface area contributed by atoms with E-state index in [4.69, 9.17) is 9.47 Å². The predicted octanol–water partition coefficient (Wildman–Crippen LogP) is 10.7. The summed E-state index contributed by atoms with van der Waals surface area (Å²) < 4.78 is 13.5. The summed E-state index contributed by atoms with van der Waals surface area (Å²) in [6.45, 7) is 0. The van der Waals surface area contributed by atoms with E-state index < -0.39 is 31.6 Å². The van der Waals surface area contributed by atoms with Gasteiger partial charge in [0.15, 0.2) is 0 Å². The van der Waals surface area contributed by atoms with E-state index >= 15 is 0 Å². The Morgan fingerprint density at radius 2 is 0.683 bits per heavy atom. The minimum Gasteiger partial charge on any atom is -0.422 e. The fourth-order valence-corrected chi connectivity index (χ4v) is 8.52. The van der Waals surface area contributed by atoms with Crippen LogP contribution >= 0.6 is 11.3 Å². The number of benzene rings is 6. The molecule has 306 valence electrons. The Hall–Kier alpha value is -8.96. The molecule has 3 heterocycles. The van der Waals surface area contributed by atoms with Crippen molar-refractivity contribution in [1.82, 2.24) is 0 Å². The van der Waals surface area contributed by atoms with E-state index in [0.29, 0.717) is 44.5 Å². The van der Waals surface area contributed by atoms with E-state index in [2.05, 4.69) is 0 Å². The topological polar surface area (TPSA) is 225 Å². The molecular weight excluding hydrogens is 833 g/mol. The number of non-ortho nitro benzene ring substituents is 4. The number of thiophene rings is 1. The summed E-state index contributed by atoms with van der Waals surface area (Å²) in [6.07, 6.45) is 3.33. The highest BCUT2D eigenvalue weighted by Crippen LogP contribution is 2.44. The van der Waals surface area contributed by atoms with Gasteiger partial charge in [-0.05, 0) is 118 Å². The lowest BCUT2D eigenvalue weighted by atomic mass is 9.94. The molecule has 0 aliphatic carbocycles. The summed E-state index contributed by atoms with van der Waals surface area (Å²) >= 11 is 1.53. The van der Waals surface area contributed by atoms with Crippen molar-refractivity contribution < 1.29 is 38.8 Å². The van der Waals surface area contributed by atoms with Crippen molar-refractivity contribution in [1.29, 1.82) is 0 Å². The zero-order valence-corrected chi connectivity index (χ0v) is 32.8. The van der Waals surface area contributed by atoms with Crippen molar-refractivity contribution in [2.45, 2.75) is 0 Å². The van der Waals surface area contributed by atoms with Crippen LogP contribution < -0.4 is 0 Å². The van der Waals surface area contributed by atoms with Crippen molar-refractivity contribution >= 4 is 101 Å². The fourth-order valence-electron chi connectivity index (χ4n) is 7.45. The third kappa shape index (κ3) is 7.36. The Morgan fingerprint density at radius 3 is 0.968 bits per heavy atom. The maximum atomic E-state index is 13.5. The van der Waals surface area contributed by atoms with Crippen molar-refractivity contribution in [3.63, 3.8) is 0 Å². The Kier molecular flexibility index (Phi) is 9.76. The van der Waals surface area contributed by atoms with Crippen molar-refractivity contribution in [3.05, 3.63) is 219 Å². The first-order chi connectivity index (χ1) is 30.3. The monoisotopic (exact) mass is 856 g/mol. The van der Waals surface area contributed by atoms with E-state index in [1.165, 1.54) is 108 Å². The third-order valence-corrected chi connectivity index (χ3v) is 11.5. The predicted molar refractivity (Wildman–Crippen MR) is 233 cm³/mol. The maximum absolute atomic E-state index is 13.5. The average molecular weight is 857 g/mol. The van der Waals surface area contributed by atoms with Gasteiger partial charge in [0.05, 0.1) is 30.8 Å². The molecule has 0 unspecified atom stereocenters. The second kappa shape index (κ2) is 15.6. The van der Waals surface area contributed by atoms with Crippen LogP contribution in [-0.2, 0) is 19.1 Å². The Labute approximate surface area is 357 Å². The molecule has 0 N–H and O–H groups in total. The number of rotatable bonds is 10. The molecule has 7 aromatic rings. The highest BCUT2D eigenvalue weighted by molar-refractivity contribution is 7.25. The van der Waals surface area contributed by atoms with E-state index in [1.54, 1.807) is 12.2 Å². The number of hydrogen-bond donors (Lipinski definition) is 0. The molecule has 0 radical (unpaired) electrons. The largest absolute Gasteiger partial charge is 0.422 e. The molecule has 63 heavy (non-hydrogen) atoms. The molecule has 9 rings (SSSR count). The molecule has 0 atom stereocenters. The van der Waals surface area contributed by atoms with Crippen LogP contribution in [0.1, 0.15) is 33.4 Å². The van der Waals surface area contributed by atoms with Crippen LogP contribution in [0, 0.1) is 40.5 Å². The Balaban J connectivity index is 1.14. The Morgan fingerprint density at radius 1 is 0.397 bits per heavy atom. The smallest absolute Gasteiger partial charge is 0.344 e. The van der Waals surface area contributed by atoms with Gasteiger partial charge in [-0.3, -0.25) is 40.5 Å². The van der Waals surface area contributed by atoms with Crippen molar-refractivity contribution in [2.24, 2.45) is 0 Å². The van der Waals surface area contributed by atoms with Gasteiger partial charge in [0.25, 0.3) is 22.7 Å². The fraction of sp³-hybridized carbons (Fsp3) is 0. The van der Waals surface area contributed by atoms with Crippen LogP contribution in [0.25, 0.3) is 54.6 Å². The van der Waals surface area contributed by atoms with Crippen LogP contribution in [0.5, 0.6) is 0 Å². The highest BCUT2D eigenvalue weighted by Gasteiger charge is 2.34. The standard InChI is InChI=1S/C46H24N4O12S/c51-45-43(29-7-15-33(16-8-29)49(57)58)41(27-3-11-31(12-4-27)47(53)54)37(61-45)23-25-1-19-39-35(21-25)36-22-26(2-20-40(36)63-39)24-38-42(28-5-13-32(14-6-28)48(55)56)44(46(52)62-38)30-9-17-34(18-10-30)50(59)60/h1-24H. The second-order valence-electron chi connectivity index (χ2n) is 14.1. The second-order valence-corrected chi connectivity index (χ2v) is 15.2. The maximum Gasteiger partial charge on any atom is 0.344 e. The quantitative estimate of drug-likeness (QED) is 0.0711. The van der Waals surface area contributed by atoms with E-state index in [9.17, 15) is 50.0 Å². The van der Waals surface area contributed by atoms with Crippen molar-refractivity contribution in [2.75, 3.05) is 0 Å². The van der Waals surface area contributed by atoms with Crippen molar-refractivity contribution in [3.8, 4) is 0 Å². The normalized spacial score (nSPS) is 15.1. The first-order valence-electron chi connectivity index (χ1n) is 18.7. The first kappa shape index (κ1) is 39.5. The van der Waals surface area contributed by atoms with Gasteiger partial charge in [0, 0.05) is 79.8 Å². The van der Waals surface area contributed by atoms with Gasteiger partial charge >= 0.3 is 11.9 Å². The molecule has 0 saturated heterocycles. The number of carbonyl (C=O) groups is 2.